The number of imide groups is 1. The number of fused-ring (bicyclic) bond motifs is 1. The number of ether oxygens (including phenoxy) is 1. The molecule has 0 aliphatic carbocycles. The predicted octanol–water partition coefficient (Wildman–Crippen LogP) is 0.0897. The summed E-state index contributed by atoms with van der Waals surface area (Å²) in [4.78, 5) is 48.1. The maximum Gasteiger partial charge on any atom is 0.329 e. The molecule has 0 saturated heterocycles. The summed E-state index contributed by atoms with van der Waals surface area (Å²) >= 11 is 0. The predicted molar refractivity (Wildman–Crippen MR) is 71.2 cm³/mol. The van der Waals surface area contributed by atoms with Gasteiger partial charge in [0.2, 0.25) is 5.91 Å². The number of hydrogen-bond acceptors (Lipinski definition) is 5. The summed E-state index contributed by atoms with van der Waals surface area (Å²) in [6, 6.07) is 5.12. The molecule has 1 atom stereocenters. The molecule has 2 rings (SSSR count). The van der Waals surface area contributed by atoms with Crippen LogP contribution >= 0.6 is 0 Å². The van der Waals surface area contributed by atoms with E-state index in [1.807, 2.05) is 0 Å². The van der Waals surface area contributed by atoms with Crippen molar-refractivity contribution < 1.29 is 23.9 Å². The minimum atomic E-state index is -1.16. The van der Waals surface area contributed by atoms with Crippen molar-refractivity contribution >= 4 is 23.7 Å². The lowest BCUT2D eigenvalue weighted by molar-refractivity contribution is -0.145. The molecule has 3 amide bonds. The lowest BCUT2D eigenvalue weighted by Crippen LogP contribution is -2.45. The molecule has 0 radical (unpaired) electrons. The number of rotatable bonds is 5. The molecule has 1 aromatic rings. The topological polar surface area (TPSA) is 107 Å². The van der Waals surface area contributed by atoms with Gasteiger partial charge in [-0.3, -0.25) is 19.3 Å². The first-order valence-electron chi connectivity index (χ1n) is 6.30. The van der Waals surface area contributed by atoms with Crippen LogP contribution in [0.5, 0.6) is 0 Å². The minimum absolute atomic E-state index is 0.0620. The van der Waals surface area contributed by atoms with Crippen LogP contribution in [0.25, 0.3) is 0 Å². The summed E-state index contributed by atoms with van der Waals surface area (Å²) in [5.41, 5.74) is 5.52. The van der Waals surface area contributed by atoms with E-state index < -0.39 is 29.7 Å². The number of esters is 1. The highest BCUT2D eigenvalue weighted by molar-refractivity contribution is 6.22. The SMILES string of the molecule is COC(=O)[C@H](CCC(N)=O)N1C(=O)c2ccccc2C1=O. The maximum absolute atomic E-state index is 12.3. The van der Waals surface area contributed by atoms with Crippen molar-refractivity contribution in [1.82, 2.24) is 4.90 Å². The third-order valence-corrected chi connectivity index (χ3v) is 3.27. The van der Waals surface area contributed by atoms with E-state index in [-0.39, 0.29) is 24.0 Å². The van der Waals surface area contributed by atoms with E-state index >= 15 is 0 Å². The molecule has 21 heavy (non-hydrogen) atoms. The normalized spacial score (nSPS) is 14.8. The minimum Gasteiger partial charge on any atom is -0.467 e. The van der Waals surface area contributed by atoms with Crippen LogP contribution < -0.4 is 5.73 Å². The molecule has 7 nitrogen and oxygen atoms in total. The Labute approximate surface area is 120 Å². The number of amides is 3. The fourth-order valence-corrected chi connectivity index (χ4v) is 2.26. The van der Waals surface area contributed by atoms with Crippen molar-refractivity contribution in [3.8, 4) is 0 Å². The van der Waals surface area contributed by atoms with E-state index in [4.69, 9.17) is 5.73 Å². The second kappa shape index (κ2) is 5.74. The first kappa shape index (κ1) is 14.7. The molecule has 2 N–H and O–H groups in total. The van der Waals surface area contributed by atoms with Crippen molar-refractivity contribution in [2.45, 2.75) is 18.9 Å². The van der Waals surface area contributed by atoms with Crippen molar-refractivity contribution in [2.75, 3.05) is 7.11 Å². The molecule has 1 heterocycles. The molecule has 0 bridgehead atoms. The van der Waals surface area contributed by atoms with Crippen LogP contribution in [0.4, 0.5) is 0 Å². The van der Waals surface area contributed by atoms with Crippen LogP contribution in [0.2, 0.25) is 0 Å². The van der Waals surface area contributed by atoms with Crippen LogP contribution in [0.3, 0.4) is 0 Å². The zero-order valence-electron chi connectivity index (χ0n) is 11.4. The molecule has 0 fully saturated rings. The van der Waals surface area contributed by atoms with E-state index in [1.54, 1.807) is 12.1 Å². The van der Waals surface area contributed by atoms with Gasteiger partial charge in [0, 0.05) is 6.42 Å². The summed E-state index contributed by atoms with van der Waals surface area (Å²) < 4.78 is 4.62. The Hall–Kier alpha value is -2.70. The van der Waals surface area contributed by atoms with Gasteiger partial charge in [-0.15, -0.1) is 0 Å². The highest BCUT2D eigenvalue weighted by atomic mass is 16.5. The van der Waals surface area contributed by atoms with Gasteiger partial charge in [-0.05, 0) is 18.6 Å². The quantitative estimate of drug-likeness (QED) is 0.611. The van der Waals surface area contributed by atoms with E-state index in [0.29, 0.717) is 0 Å². The summed E-state index contributed by atoms with van der Waals surface area (Å²) in [5.74, 6) is -2.53. The van der Waals surface area contributed by atoms with Crippen molar-refractivity contribution in [3.05, 3.63) is 35.4 Å². The molecule has 0 unspecified atom stereocenters. The maximum atomic E-state index is 12.3. The molecule has 1 aromatic carbocycles. The highest BCUT2D eigenvalue weighted by Gasteiger charge is 2.43. The van der Waals surface area contributed by atoms with Gasteiger partial charge in [-0.1, -0.05) is 12.1 Å². The summed E-state index contributed by atoms with van der Waals surface area (Å²) in [6.07, 6.45) is -0.194. The monoisotopic (exact) mass is 290 g/mol. The molecule has 0 spiro atoms. The van der Waals surface area contributed by atoms with Gasteiger partial charge in [0.15, 0.2) is 0 Å². The van der Waals surface area contributed by atoms with Crippen LogP contribution in [0, 0.1) is 0 Å². The van der Waals surface area contributed by atoms with E-state index in [0.717, 1.165) is 12.0 Å². The number of carbonyl (C=O) groups excluding carboxylic acids is 4. The van der Waals surface area contributed by atoms with Crippen LogP contribution in [-0.4, -0.2) is 41.7 Å². The number of hydrogen-bond donors (Lipinski definition) is 1. The summed E-state index contributed by atoms with van der Waals surface area (Å²) in [6.45, 7) is 0. The Morgan fingerprint density at radius 3 is 2.14 bits per heavy atom. The highest BCUT2D eigenvalue weighted by Crippen LogP contribution is 2.26. The number of methoxy groups -OCH3 is 1. The second-order valence-corrected chi connectivity index (χ2v) is 4.57. The molecule has 0 saturated carbocycles. The number of primary amides is 1. The Balaban J connectivity index is 2.33. The molecule has 7 heteroatoms. The average Bonchev–Trinajstić information content (AvgIpc) is 2.72. The van der Waals surface area contributed by atoms with E-state index in [2.05, 4.69) is 4.74 Å². The van der Waals surface area contributed by atoms with Crippen LogP contribution in [-0.2, 0) is 14.3 Å². The Kier molecular flexibility index (Phi) is 4.02. The lowest BCUT2D eigenvalue weighted by atomic mass is 10.1. The van der Waals surface area contributed by atoms with Crippen LogP contribution in [0.15, 0.2) is 24.3 Å². The molecule has 1 aliphatic rings. The third-order valence-electron chi connectivity index (χ3n) is 3.27. The molecular formula is C14H14N2O5. The zero-order valence-corrected chi connectivity index (χ0v) is 11.4. The number of carbonyl (C=O) groups is 4. The second-order valence-electron chi connectivity index (χ2n) is 4.57. The summed E-state index contributed by atoms with van der Waals surface area (Å²) in [7, 11) is 1.15. The zero-order chi connectivity index (χ0) is 15.6. The van der Waals surface area contributed by atoms with E-state index in [1.165, 1.54) is 12.1 Å². The van der Waals surface area contributed by atoms with Gasteiger partial charge < -0.3 is 10.5 Å². The Morgan fingerprint density at radius 2 is 1.71 bits per heavy atom. The Morgan fingerprint density at radius 1 is 1.19 bits per heavy atom. The average molecular weight is 290 g/mol. The molecule has 110 valence electrons. The summed E-state index contributed by atoms with van der Waals surface area (Å²) in [5, 5.41) is 0. The molecule has 1 aliphatic heterocycles. The van der Waals surface area contributed by atoms with E-state index in [9.17, 15) is 19.2 Å². The smallest absolute Gasteiger partial charge is 0.329 e. The van der Waals surface area contributed by atoms with Crippen molar-refractivity contribution in [1.29, 1.82) is 0 Å². The first-order chi connectivity index (χ1) is 9.97. The largest absolute Gasteiger partial charge is 0.467 e. The third kappa shape index (κ3) is 2.62. The van der Waals surface area contributed by atoms with Gasteiger partial charge in [0.25, 0.3) is 11.8 Å². The lowest BCUT2D eigenvalue weighted by Gasteiger charge is -2.23. The van der Waals surface area contributed by atoms with Gasteiger partial charge in [-0.2, -0.15) is 0 Å². The van der Waals surface area contributed by atoms with Gasteiger partial charge in [0.1, 0.15) is 6.04 Å². The van der Waals surface area contributed by atoms with Crippen LogP contribution in [0.1, 0.15) is 33.6 Å². The molecular weight excluding hydrogens is 276 g/mol. The number of nitrogens with two attached hydrogens (primary N) is 1. The van der Waals surface area contributed by atoms with Gasteiger partial charge in [-0.25, -0.2) is 4.79 Å². The van der Waals surface area contributed by atoms with Gasteiger partial charge >= 0.3 is 5.97 Å². The molecule has 0 aromatic heterocycles. The van der Waals surface area contributed by atoms with Crippen molar-refractivity contribution in [3.63, 3.8) is 0 Å². The Bertz CT molecular complexity index is 591. The standard InChI is InChI=1S/C14H14N2O5/c1-21-14(20)10(6-7-11(15)17)16-12(18)8-4-2-3-5-9(8)13(16)19/h2-5,10H,6-7H2,1H3,(H2,15,17)/t10-/m0/s1. The van der Waals surface area contributed by atoms with Crippen molar-refractivity contribution in [2.24, 2.45) is 5.73 Å². The first-order valence-corrected chi connectivity index (χ1v) is 6.30. The fraction of sp³-hybridized carbons (Fsp3) is 0.286. The fourth-order valence-electron chi connectivity index (χ4n) is 2.26. The number of benzene rings is 1. The number of nitrogens with zero attached hydrogens (tertiary/aromatic N) is 1. The van der Waals surface area contributed by atoms with Gasteiger partial charge in [0.05, 0.1) is 18.2 Å².